The number of nitrogens with one attached hydrogen (secondary N) is 2. The number of aromatic amines is 1. The molecule has 0 unspecified atom stereocenters. The second-order valence-electron chi connectivity index (χ2n) is 4.32. The van der Waals surface area contributed by atoms with Crippen LogP contribution in [0.25, 0.3) is 0 Å². The van der Waals surface area contributed by atoms with Gasteiger partial charge in [0.1, 0.15) is 11.8 Å². The molecule has 106 valence electrons. The molecule has 0 aliphatic rings. The van der Waals surface area contributed by atoms with E-state index in [-0.39, 0.29) is 18.3 Å². The minimum atomic E-state index is -0.355. The Balaban J connectivity index is 2.09. The SMILES string of the molecule is COC(=O)Cc1cccc(NC(=O)c2cc(C#N)c[nH]2)c1. The van der Waals surface area contributed by atoms with E-state index in [1.165, 1.54) is 19.4 Å². The highest BCUT2D eigenvalue weighted by Crippen LogP contribution is 2.13. The fourth-order valence-electron chi connectivity index (χ4n) is 1.79. The molecule has 0 saturated carbocycles. The molecule has 0 atom stereocenters. The van der Waals surface area contributed by atoms with Crippen LogP contribution in [0.4, 0.5) is 5.69 Å². The first kappa shape index (κ1) is 14.3. The number of nitrogens with zero attached hydrogens (tertiary/aromatic N) is 1. The number of carbonyl (C=O) groups is 2. The molecule has 1 aromatic carbocycles. The van der Waals surface area contributed by atoms with Crippen molar-refractivity contribution in [1.29, 1.82) is 5.26 Å². The molecule has 1 aromatic heterocycles. The molecule has 0 spiro atoms. The van der Waals surface area contributed by atoms with Gasteiger partial charge in [-0.15, -0.1) is 0 Å². The number of carbonyl (C=O) groups excluding carboxylic acids is 2. The highest BCUT2D eigenvalue weighted by Gasteiger charge is 2.10. The van der Waals surface area contributed by atoms with Crippen LogP contribution >= 0.6 is 0 Å². The van der Waals surface area contributed by atoms with Gasteiger partial charge >= 0.3 is 5.97 Å². The number of hydrogen-bond donors (Lipinski definition) is 2. The Bertz CT molecular complexity index is 713. The topological polar surface area (TPSA) is 95.0 Å². The number of anilines is 1. The molecule has 21 heavy (non-hydrogen) atoms. The largest absolute Gasteiger partial charge is 0.469 e. The summed E-state index contributed by atoms with van der Waals surface area (Å²) in [5.74, 6) is -0.701. The van der Waals surface area contributed by atoms with Crippen LogP contribution in [0.1, 0.15) is 21.6 Å². The first-order valence-electron chi connectivity index (χ1n) is 6.18. The number of amides is 1. The molecule has 6 heteroatoms. The van der Waals surface area contributed by atoms with Gasteiger partial charge in [0.15, 0.2) is 0 Å². The van der Waals surface area contributed by atoms with Gasteiger partial charge in [-0.2, -0.15) is 5.26 Å². The summed E-state index contributed by atoms with van der Waals surface area (Å²) in [7, 11) is 1.33. The van der Waals surface area contributed by atoms with Crippen molar-refractivity contribution in [3.05, 3.63) is 53.3 Å². The summed E-state index contributed by atoms with van der Waals surface area (Å²) in [6.07, 6.45) is 1.60. The number of aromatic nitrogens is 1. The number of ether oxygens (including phenoxy) is 1. The smallest absolute Gasteiger partial charge is 0.309 e. The van der Waals surface area contributed by atoms with Crippen molar-refractivity contribution < 1.29 is 14.3 Å². The third-order valence-electron chi connectivity index (χ3n) is 2.82. The van der Waals surface area contributed by atoms with Crippen molar-refractivity contribution in [1.82, 2.24) is 4.98 Å². The molecule has 6 nitrogen and oxygen atoms in total. The lowest BCUT2D eigenvalue weighted by Gasteiger charge is -2.06. The summed E-state index contributed by atoms with van der Waals surface area (Å²) in [6.45, 7) is 0. The molecule has 2 rings (SSSR count). The monoisotopic (exact) mass is 283 g/mol. The molecule has 1 heterocycles. The second kappa shape index (κ2) is 6.39. The van der Waals surface area contributed by atoms with Crippen LogP contribution < -0.4 is 5.32 Å². The highest BCUT2D eigenvalue weighted by molar-refractivity contribution is 6.03. The maximum Gasteiger partial charge on any atom is 0.309 e. The van der Waals surface area contributed by atoms with Crippen LogP contribution in [0, 0.1) is 11.3 Å². The lowest BCUT2D eigenvalue weighted by Crippen LogP contribution is -2.12. The fraction of sp³-hybridized carbons (Fsp3) is 0.133. The van der Waals surface area contributed by atoms with Crippen LogP contribution in [0.2, 0.25) is 0 Å². The van der Waals surface area contributed by atoms with E-state index in [1.807, 2.05) is 6.07 Å². The van der Waals surface area contributed by atoms with Crippen molar-refractivity contribution in [3.8, 4) is 6.07 Å². The molecule has 0 saturated heterocycles. The lowest BCUT2D eigenvalue weighted by molar-refractivity contribution is -0.139. The van der Waals surface area contributed by atoms with Crippen LogP contribution in [-0.4, -0.2) is 24.0 Å². The van der Waals surface area contributed by atoms with Gasteiger partial charge in [0.2, 0.25) is 0 Å². The lowest BCUT2D eigenvalue weighted by atomic mass is 10.1. The summed E-state index contributed by atoms with van der Waals surface area (Å²) < 4.78 is 4.60. The molecular weight excluding hydrogens is 270 g/mol. The van der Waals surface area contributed by atoms with Gasteiger partial charge in [0.05, 0.1) is 19.1 Å². The summed E-state index contributed by atoms with van der Waals surface area (Å²) in [5.41, 5.74) is 1.99. The third-order valence-corrected chi connectivity index (χ3v) is 2.82. The van der Waals surface area contributed by atoms with Crippen molar-refractivity contribution in [3.63, 3.8) is 0 Å². The minimum Gasteiger partial charge on any atom is -0.469 e. The van der Waals surface area contributed by atoms with Crippen molar-refractivity contribution >= 4 is 17.6 Å². The van der Waals surface area contributed by atoms with Crippen LogP contribution in [0.5, 0.6) is 0 Å². The standard InChI is InChI=1S/C15H13N3O3/c1-21-14(19)7-10-3-2-4-12(5-10)18-15(20)13-6-11(8-16)9-17-13/h2-6,9,17H,7H2,1H3,(H,18,20). The van der Waals surface area contributed by atoms with Gasteiger partial charge in [-0.05, 0) is 23.8 Å². The van der Waals surface area contributed by atoms with E-state index in [9.17, 15) is 9.59 Å². The Morgan fingerprint density at radius 1 is 1.38 bits per heavy atom. The second-order valence-corrected chi connectivity index (χ2v) is 4.32. The average Bonchev–Trinajstić information content (AvgIpc) is 2.96. The number of H-pyrrole nitrogens is 1. The molecule has 0 fully saturated rings. The zero-order valence-corrected chi connectivity index (χ0v) is 11.3. The quantitative estimate of drug-likeness (QED) is 0.837. The summed E-state index contributed by atoms with van der Waals surface area (Å²) >= 11 is 0. The number of rotatable bonds is 4. The van der Waals surface area contributed by atoms with Crippen molar-refractivity contribution in [2.45, 2.75) is 6.42 Å². The zero-order valence-electron chi connectivity index (χ0n) is 11.3. The first-order chi connectivity index (χ1) is 10.1. The highest BCUT2D eigenvalue weighted by atomic mass is 16.5. The van der Waals surface area contributed by atoms with E-state index in [0.717, 1.165) is 5.56 Å². The number of nitriles is 1. The summed E-state index contributed by atoms with van der Waals surface area (Å²) in [4.78, 5) is 25.9. The number of hydrogen-bond acceptors (Lipinski definition) is 4. The molecule has 1 amide bonds. The third kappa shape index (κ3) is 3.70. The van der Waals surface area contributed by atoms with Gasteiger partial charge in [-0.25, -0.2) is 0 Å². The van der Waals surface area contributed by atoms with Crippen molar-refractivity contribution in [2.24, 2.45) is 0 Å². The molecule has 0 radical (unpaired) electrons. The molecule has 0 aliphatic heterocycles. The molecule has 0 bridgehead atoms. The number of esters is 1. The maximum atomic E-state index is 12.0. The predicted octanol–water partition coefficient (Wildman–Crippen LogP) is 1.85. The van der Waals surface area contributed by atoms with Gasteiger partial charge in [0.25, 0.3) is 5.91 Å². The fourth-order valence-corrected chi connectivity index (χ4v) is 1.79. The maximum absolute atomic E-state index is 12.0. The Kier molecular flexibility index (Phi) is 4.36. The van der Waals surface area contributed by atoms with Gasteiger partial charge in [-0.3, -0.25) is 9.59 Å². The summed E-state index contributed by atoms with van der Waals surface area (Å²) in [6, 6.07) is 10.3. The molecule has 2 aromatic rings. The van der Waals surface area contributed by atoms with E-state index in [2.05, 4.69) is 15.0 Å². The minimum absolute atomic E-state index is 0.140. The molecular formula is C15H13N3O3. The predicted molar refractivity (Wildman–Crippen MR) is 75.6 cm³/mol. The van der Waals surface area contributed by atoms with Gasteiger partial charge < -0.3 is 15.0 Å². The Labute approximate surface area is 121 Å². The Hall–Kier alpha value is -3.07. The number of methoxy groups -OCH3 is 1. The van der Waals surface area contributed by atoms with Gasteiger partial charge in [-0.1, -0.05) is 12.1 Å². The Morgan fingerprint density at radius 2 is 2.19 bits per heavy atom. The zero-order chi connectivity index (χ0) is 15.2. The van der Waals surface area contributed by atoms with Crippen LogP contribution in [-0.2, 0) is 16.0 Å². The van der Waals surface area contributed by atoms with E-state index in [1.54, 1.807) is 24.3 Å². The molecule has 2 N–H and O–H groups in total. The van der Waals surface area contributed by atoms with E-state index < -0.39 is 0 Å². The summed E-state index contributed by atoms with van der Waals surface area (Å²) in [5, 5.41) is 11.4. The van der Waals surface area contributed by atoms with E-state index in [4.69, 9.17) is 5.26 Å². The van der Waals surface area contributed by atoms with Crippen LogP contribution in [0.15, 0.2) is 36.5 Å². The van der Waals surface area contributed by atoms with Crippen LogP contribution in [0.3, 0.4) is 0 Å². The van der Waals surface area contributed by atoms with E-state index >= 15 is 0 Å². The number of benzene rings is 1. The van der Waals surface area contributed by atoms with Crippen molar-refractivity contribution in [2.75, 3.05) is 12.4 Å². The first-order valence-corrected chi connectivity index (χ1v) is 6.18. The molecule has 0 aliphatic carbocycles. The average molecular weight is 283 g/mol. The Morgan fingerprint density at radius 3 is 2.86 bits per heavy atom. The normalized spacial score (nSPS) is 9.71. The van der Waals surface area contributed by atoms with E-state index in [0.29, 0.717) is 16.9 Å². The van der Waals surface area contributed by atoms with Gasteiger partial charge in [0, 0.05) is 11.9 Å².